The van der Waals surface area contributed by atoms with Crippen LogP contribution in [0.3, 0.4) is 0 Å². The van der Waals surface area contributed by atoms with Gasteiger partial charge in [0.2, 0.25) is 0 Å². The van der Waals surface area contributed by atoms with Crippen molar-refractivity contribution >= 4 is 34.5 Å². The Hall–Kier alpha value is -2.48. The fourth-order valence-corrected chi connectivity index (χ4v) is 3.96. The molecule has 0 saturated heterocycles. The maximum Gasteiger partial charge on any atom is 0.309 e. The first-order chi connectivity index (χ1) is 12.6. The summed E-state index contributed by atoms with van der Waals surface area (Å²) >= 11 is 2.93. The Balaban J connectivity index is 1.49. The van der Waals surface area contributed by atoms with E-state index in [9.17, 15) is 14.7 Å². The van der Waals surface area contributed by atoms with Crippen LogP contribution < -0.4 is 10.6 Å². The summed E-state index contributed by atoms with van der Waals surface area (Å²) in [6.07, 6.45) is -0.695. The summed E-state index contributed by atoms with van der Waals surface area (Å²) in [4.78, 5) is 26.3. The minimum atomic E-state index is -0.695. The zero-order valence-corrected chi connectivity index (χ0v) is 15.5. The van der Waals surface area contributed by atoms with E-state index in [4.69, 9.17) is 0 Å². The SMILES string of the molecule is O=C(NCc1cccs1)C(=O)NCc1ccc(C(O)c2ccccc2)s1. The van der Waals surface area contributed by atoms with Gasteiger partial charge in [0.15, 0.2) is 0 Å². The van der Waals surface area contributed by atoms with E-state index in [2.05, 4.69) is 10.6 Å². The summed E-state index contributed by atoms with van der Waals surface area (Å²) in [7, 11) is 0. The summed E-state index contributed by atoms with van der Waals surface area (Å²) in [6, 6.07) is 16.8. The molecule has 0 spiro atoms. The van der Waals surface area contributed by atoms with Crippen LogP contribution in [-0.2, 0) is 22.7 Å². The van der Waals surface area contributed by atoms with Crippen LogP contribution in [0, 0.1) is 0 Å². The molecule has 3 N–H and O–H groups in total. The molecule has 0 saturated carbocycles. The lowest BCUT2D eigenvalue weighted by Crippen LogP contribution is -2.39. The number of hydrogen-bond donors (Lipinski definition) is 3. The number of aliphatic hydroxyl groups excluding tert-OH is 1. The molecule has 1 unspecified atom stereocenters. The van der Waals surface area contributed by atoms with Crippen molar-refractivity contribution in [3.8, 4) is 0 Å². The number of nitrogens with one attached hydrogen (secondary N) is 2. The molecule has 0 radical (unpaired) electrons. The van der Waals surface area contributed by atoms with Crippen LogP contribution in [0.25, 0.3) is 0 Å². The third-order valence-corrected chi connectivity index (χ3v) is 5.71. The molecule has 5 nitrogen and oxygen atoms in total. The normalized spacial score (nSPS) is 11.7. The number of carbonyl (C=O) groups excluding carboxylic acids is 2. The van der Waals surface area contributed by atoms with Crippen LogP contribution in [0.15, 0.2) is 60.0 Å². The van der Waals surface area contributed by atoms with E-state index in [1.807, 2.05) is 60.0 Å². The smallest absolute Gasteiger partial charge is 0.309 e. The maximum atomic E-state index is 11.9. The van der Waals surface area contributed by atoms with Gasteiger partial charge in [-0.2, -0.15) is 0 Å². The van der Waals surface area contributed by atoms with E-state index < -0.39 is 17.9 Å². The van der Waals surface area contributed by atoms with Gasteiger partial charge in [-0.25, -0.2) is 0 Å². The van der Waals surface area contributed by atoms with Gasteiger partial charge in [0.1, 0.15) is 6.10 Å². The highest BCUT2D eigenvalue weighted by Crippen LogP contribution is 2.28. The first-order valence-corrected chi connectivity index (χ1v) is 9.73. The highest BCUT2D eigenvalue weighted by atomic mass is 32.1. The highest BCUT2D eigenvalue weighted by Gasteiger charge is 2.15. The predicted molar refractivity (Wildman–Crippen MR) is 103 cm³/mol. The maximum absolute atomic E-state index is 11.9. The van der Waals surface area contributed by atoms with E-state index in [1.54, 1.807) is 0 Å². The van der Waals surface area contributed by atoms with E-state index >= 15 is 0 Å². The number of rotatable bonds is 6. The van der Waals surface area contributed by atoms with Gasteiger partial charge in [0.25, 0.3) is 0 Å². The number of amides is 2. The third kappa shape index (κ3) is 4.78. The second-order valence-electron chi connectivity index (χ2n) is 5.56. The molecule has 3 rings (SSSR count). The molecular weight excluding hydrogens is 368 g/mol. The Morgan fingerprint density at radius 3 is 2.23 bits per heavy atom. The molecular formula is C19H18N2O3S2. The Morgan fingerprint density at radius 2 is 1.58 bits per heavy atom. The fourth-order valence-electron chi connectivity index (χ4n) is 2.34. The zero-order valence-electron chi connectivity index (χ0n) is 13.8. The van der Waals surface area contributed by atoms with Gasteiger partial charge < -0.3 is 15.7 Å². The predicted octanol–water partition coefficient (Wildman–Crippen LogP) is 2.82. The molecule has 2 heterocycles. The van der Waals surface area contributed by atoms with Crippen molar-refractivity contribution < 1.29 is 14.7 Å². The molecule has 2 amide bonds. The molecule has 1 atom stereocenters. The van der Waals surface area contributed by atoms with Crippen LogP contribution in [0.1, 0.15) is 26.3 Å². The molecule has 26 heavy (non-hydrogen) atoms. The summed E-state index contributed by atoms with van der Waals surface area (Å²) in [5, 5.41) is 17.5. The van der Waals surface area contributed by atoms with E-state index in [0.717, 1.165) is 20.2 Å². The first kappa shape index (κ1) is 18.3. The van der Waals surface area contributed by atoms with E-state index in [1.165, 1.54) is 22.7 Å². The van der Waals surface area contributed by atoms with E-state index in [0.29, 0.717) is 6.54 Å². The lowest BCUT2D eigenvalue weighted by molar-refractivity contribution is -0.139. The average Bonchev–Trinajstić information content (AvgIpc) is 3.36. The molecule has 0 aliphatic carbocycles. The van der Waals surface area contributed by atoms with Crippen molar-refractivity contribution in [2.24, 2.45) is 0 Å². The molecule has 0 aliphatic heterocycles. The molecule has 0 bridgehead atoms. The molecule has 3 aromatic rings. The van der Waals surface area contributed by atoms with Gasteiger partial charge in [-0.15, -0.1) is 22.7 Å². The third-order valence-electron chi connectivity index (χ3n) is 3.70. The van der Waals surface area contributed by atoms with Crippen LogP contribution in [0.4, 0.5) is 0 Å². The number of aliphatic hydroxyl groups is 1. The summed E-state index contributed by atoms with van der Waals surface area (Å²) in [6.45, 7) is 0.591. The van der Waals surface area contributed by atoms with Crippen molar-refractivity contribution in [3.05, 3.63) is 80.2 Å². The fraction of sp³-hybridized carbons (Fsp3) is 0.158. The lowest BCUT2D eigenvalue weighted by atomic mass is 10.1. The van der Waals surface area contributed by atoms with Crippen LogP contribution in [0.2, 0.25) is 0 Å². The molecule has 1 aromatic carbocycles. The summed E-state index contributed by atoms with van der Waals surface area (Å²) < 4.78 is 0. The van der Waals surface area contributed by atoms with Gasteiger partial charge >= 0.3 is 11.8 Å². The number of carbonyl (C=O) groups is 2. The standard InChI is InChI=1S/C19H18N2O3S2/c22-17(13-5-2-1-3-6-13)16-9-8-15(26-16)12-21-19(24)18(23)20-11-14-7-4-10-25-14/h1-10,17,22H,11-12H2,(H,20,23)(H,21,24). The van der Waals surface area contributed by atoms with Gasteiger partial charge in [-0.3, -0.25) is 9.59 Å². The van der Waals surface area contributed by atoms with Crippen molar-refractivity contribution in [1.82, 2.24) is 10.6 Å². The molecule has 2 aromatic heterocycles. The Kier molecular flexibility index (Phi) is 6.17. The molecule has 7 heteroatoms. The van der Waals surface area contributed by atoms with Gasteiger partial charge in [0, 0.05) is 14.6 Å². The van der Waals surface area contributed by atoms with E-state index in [-0.39, 0.29) is 6.54 Å². The van der Waals surface area contributed by atoms with Crippen molar-refractivity contribution in [3.63, 3.8) is 0 Å². The highest BCUT2D eigenvalue weighted by molar-refractivity contribution is 7.12. The van der Waals surface area contributed by atoms with Gasteiger partial charge in [0.05, 0.1) is 13.1 Å². The largest absolute Gasteiger partial charge is 0.383 e. The topological polar surface area (TPSA) is 78.4 Å². The monoisotopic (exact) mass is 386 g/mol. The lowest BCUT2D eigenvalue weighted by Gasteiger charge is -2.08. The average molecular weight is 386 g/mol. The number of hydrogen-bond acceptors (Lipinski definition) is 5. The number of benzene rings is 1. The second kappa shape index (κ2) is 8.75. The zero-order chi connectivity index (χ0) is 18.4. The molecule has 134 valence electrons. The Labute approximate surface area is 159 Å². The minimum absolute atomic E-state index is 0.247. The van der Waals surface area contributed by atoms with Crippen molar-refractivity contribution in [1.29, 1.82) is 0 Å². The Bertz CT molecular complexity index is 860. The van der Waals surface area contributed by atoms with Crippen molar-refractivity contribution in [2.45, 2.75) is 19.2 Å². The summed E-state index contributed by atoms with van der Waals surface area (Å²) in [5.74, 6) is -1.32. The molecule has 0 fully saturated rings. The second-order valence-corrected chi connectivity index (χ2v) is 7.79. The first-order valence-electron chi connectivity index (χ1n) is 8.03. The van der Waals surface area contributed by atoms with Gasteiger partial charge in [-0.1, -0.05) is 36.4 Å². The van der Waals surface area contributed by atoms with Crippen LogP contribution in [0.5, 0.6) is 0 Å². The number of thiophene rings is 2. The van der Waals surface area contributed by atoms with Crippen LogP contribution >= 0.6 is 22.7 Å². The Morgan fingerprint density at radius 1 is 0.885 bits per heavy atom. The van der Waals surface area contributed by atoms with Gasteiger partial charge in [-0.05, 0) is 29.1 Å². The van der Waals surface area contributed by atoms with Crippen LogP contribution in [-0.4, -0.2) is 16.9 Å². The minimum Gasteiger partial charge on any atom is -0.383 e. The molecule has 0 aliphatic rings. The van der Waals surface area contributed by atoms with Crippen molar-refractivity contribution in [2.75, 3.05) is 0 Å². The quantitative estimate of drug-likeness (QED) is 0.570. The summed E-state index contributed by atoms with van der Waals surface area (Å²) in [5.41, 5.74) is 0.817.